The van der Waals surface area contributed by atoms with Crippen molar-refractivity contribution in [3.8, 4) is 0 Å². The Kier molecular flexibility index (Phi) is 5.23. The minimum absolute atomic E-state index is 0.153. The van der Waals surface area contributed by atoms with Gasteiger partial charge in [-0.05, 0) is 36.6 Å². The summed E-state index contributed by atoms with van der Waals surface area (Å²) in [5, 5.41) is 3.12. The van der Waals surface area contributed by atoms with E-state index in [1.165, 1.54) is 12.3 Å². The van der Waals surface area contributed by atoms with Crippen LogP contribution in [0.25, 0.3) is 0 Å². The number of nitrogens with one attached hydrogen (secondary N) is 1. The molecule has 0 radical (unpaired) electrons. The zero-order valence-electron chi connectivity index (χ0n) is 13.9. The lowest BCUT2D eigenvalue weighted by molar-refractivity contribution is -0.0516. The van der Waals surface area contributed by atoms with Gasteiger partial charge in [-0.15, -0.1) is 0 Å². The van der Waals surface area contributed by atoms with Crippen molar-refractivity contribution >= 4 is 17.5 Å². The predicted molar refractivity (Wildman–Crippen MR) is 93.1 cm³/mol. The van der Waals surface area contributed by atoms with Crippen LogP contribution in [0.3, 0.4) is 0 Å². The molecule has 0 saturated heterocycles. The van der Waals surface area contributed by atoms with Crippen LogP contribution in [0, 0.1) is 5.95 Å². The van der Waals surface area contributed by atoms with Gasteiger partial charge >= 0.3 is 0 Å². The number of hydrogen-bond acceptors (Lipinski definition) is 2. The fourth-order valence-corrected chi connectivity index (χ4v) is 3.56. The Balaban J connectivity index is 1.82. The van der Waals surface area contributed by atoms with Gasteiger partial charge in [0.05, 0.1) is 10.6 Å². The molecule has 3 nitrogen and oxygen atoms in total. The molecule has 138 valence electrons. The summed E-state index contributed by atoms with van der Waals surface area (Å²) in [6, 6.07) is 9.37. The molecule has 0 unspecified atom stereocenters. The molecule has 1 aromatic carbocycles. The van der Waals surface area contributed by atoms with Crippen LogP contribution in [0.15, 0.2) is 42.6 Å². The van der Waals surface area contributed by atoms with Crippen molar-refractivity contribution in [1.82, 2.24) is 10.3 Å². The Morgan fingerprint density at radius 2 is 1.81 bits per heavy atom. The second kappa shape index (κ2) is 7.27. The van der Waals surface area contributed by atoms with Gasteiger partial charge in [0.2, 0.25) is 11.9 Å². The molecule has 1 aliphatic carbocycles. The molecule has 3 rings (SSSR count). The van der Waals surface area contributed by atoms with E-state index < -0.39 is 17.3 Å². The Hall–Kier alpha value is -2.08. The van der Waals surface area contributed by atoms with Crippen molar-refractivity contribution in [1.29, 1.82) is 0 Å². The third kappa shape index (κ3) is 4.01. The number of carbonyl (C=O) groups is 1. The first kappa shape index (κ1) is 18.7. The molecule has 7 heteroatoms. The fourth-order valence-electron chi connectivity index (χ4n) is 3.34. The van der Waals surface area contributed by atoms with Crippen LogP contribution < -0.4 is 5.32 Å². The van der Waals surface area contributed by atoms with Gasteiger partial charge in [-0.1, -0.05) is 29.8 Å². The molecule has 26 heavy (non-hydrogen) atoms. The van der Waals surface area contributed by atoms with Crippen LogP contribution in [0.5, 0.6) is 0 Å². The lowest BCUT2D eigenvalue weighted by Crippen LogP contribution is -2.45. The average Bonchev–Trinajstić information content (AvgIpc) is 2.62. The maximum Gasteiger partial charge on any atom is 0.252 e. The zero-order chi connectivity index (χ0) is 18.8. The van der Waals surface area contributed by atoms with E-state index in [9.17, 15) is 18.0 Å². The largest absolute Gasteiger partial charge is 0.351 e. The number of amides is 1. The summed E-state index contributed by atoms with van der Waals surface area (Å²) >= 11 is 6.04. The highest BCUT2D eigenvalue weighted by Crippen LogP contribution is 2.45. The Morgan fingerprint density at radius 1 is 1.12 bits per heavy atom. The number of pyridine rings is 1. The smallest absolute Gasteiger partial charge is 0.252 e. The summed E-state index contributed by atoms with van der Waals surface area (Å²) in [6.45, 7) is 0.153. The van der Waals surface area contributed by atoms with Crippen molar-refractivity contribution in [3.63, 3.8) is 0 Å². The van der Waals surface area contributed by atoms with E-state index in [0.717, 1.165) is 0 Å². The van der Waals surface area contributed by atoms with Gasteiger partial charge in [-0.2, -0.15) is 4.39 Å². The molecule has 0 bridgehead atoms. The minimum atomic E-state index is -2.72. The molecule has 2 aromatic rings. The Labute approximate surface area is 154 Å². The summed E-state index contributed by atoms with van der Waals surface area (Å²) in [5.41, 5.74) is 0.260. The number of aromatic nitrogens is 1. The van der Waals surface area contributed by atoms with Crippen LogP contribution in [-0.2, 0) is 5.41 Å². The Morgan fingerprint density at radius 3 is 2.42 bits per heavy atom. The summed E-state index contributed by atoms with van der Waals surface area (Å²) in [5.74, 6) is -3.73. The van der Waals surface area contributed by atoms with Gasteiger partial charge in [-0.3, -0.25) is 4.79 Å². The molecule has 1 saturated carbocycles. The summed E-state index contributed by atoms with van der Waals surface area (Å²) < 4.78 is 40.5. The van der Waals surface area contributed by atoms with E-state index in [2.05, 4.69) is 10.3 Å². The molecular formula is C19H18ClF3N2O. The number of rotatable bonds is 4. The van der Waals surface area contributed by atoms with Gasteiger partial charge in [0.15, 0.2) is 0 Å². The quantitative estimate of drug-likeness (QED) is 0.775. The van der Waals surface area contributed by atoms with E-state index >= 15 is 0 Å². The highest BCUT2D eigenvalue weighted by molar-refractivity contribution is 6.33. The second-order valence-corrected chi connectivity index (χ2v) is 7.08. The first-order valence-electron chi connectivity index (χ1n) is 8.34. The first-order valence-corrected chi connectivity index (χ1v) is 8.72. The van der Waals surface area contributed by atoms with E-state index in [4.69, 9.17) is 11.6 Å². The van der Waals surface area contributed by atoms with Crippen molar-refractivity contribution in [2.24, 2.45) is 0 Å². The SMILES string of the molecule is O=C(NCC1(c2ccc(F)nc2)CCC(F)(F)CC1)c1ccccc1Cl. The van der Waals surface area contributed by atoms with Gasteiger partial charge in [0, 0.05) is 31.0 Å². The topological polar surface area (TPSA) is 42.0 Å². The van der Waals surface area contributed by atoms with E-state index in [0.29, 0.717) is 16.1 Å². The molecule has 0 spiro atoms. The average molecular weight is 383 g/mol. The Bertz CT molecular complexity index is 786. The summed E-state index contributed by atoms with van der Waals surface area (Å²) in [7, 11) is 0. The molecule has 1 N–H and O–H groups in total. The lowest BCUT2D eigenvalue weighted by atomic mass is 9.68. The highest BCUT2D eigenvalue weighted by atomic mass is 35.5. The summed E-state index contributed by atoms with van der Waals surface area (Å²) in [4.78, 5) is 16.1. The number of benzene rings is 1. The molecule has 0 aliphatic heterocycles. The number of halogens is 4. The predicted octanol–water partition coefficient (Wildman–Crippen LogP) is 4.75. The summed E-state index contributed by atoms with van der Waals surface area (Å²) in [6.07, 6.45) is 1.14. The third-order valence-electron chi connectivity index (χ3n) is 4.98. The molecular weight excluding hydrogens is 365 g/mol. The zero-order valence-corrected chi connectivity index (χ0v) is 14.7. The number of carbonyl (C=O) groups excluding carboxylic acids is 1. The third-order valence-corrected chi connectivity index (χ3v) is 5.31. The normalized spacial score (nSPS) is 18.3. The molecule has 1 heterocycles. The lowest BCUT2D eigenvalue weighted by Gasteiger charge is -2.40. The maximum absolute atomic E-state index is 13.7. The van der Waals surface area contributed by atoms with Gasteiger partial charge < -0.3 is 5.32 Å². The highest BCUT2D eigenvalue weighted by Gasteiger charge is 2.44. The van der Waals surface area contributed by atoms with Crippen molar-refractivity contribution in [2.45, 2.75) is 37.0 Å². The van der Waals surface area contributed by atoms with Crippen molar-refractivity contribution in [2.75, 3.05) is 6.54 Å². The monoisotopic (exact) mass is 382 g/mol. The first-order chi connectivity index (χ1) is 12.3. The van der Waals surface area contributed by atoms with E-state index in [1.54, 1.807) is 30.3 Å². The maximum atomic E-state index is 13.7. The standard InChI is InChI=1S/C19H18ClF3N2O/c20-15-4-2-1-3-14(15)17(26)25-12-18(7-9-19(22,23)10-8-18)13-5-6-16(21)24-11-13/h1-6,11H,7-10,12H2,(H,25,26). The van der Waals surface area contributed by atoms with Gasteiger partial charge in [0.25, 0.3) is 5.91 Å². The van der Waals surface area contributed by atoms with Crippen LogP contribution in [0.4, 0.5) is 13.2 Å². The number of hydrogen-bond donors (Lipinski definition) is 1. The van der Waals surface area contributed by atoms with Crippen LogP contribution >= 0.6 is 11.6 Å². The van der Waals surface area contributed by atoms with Gasteiger partial charge in [0.1, 0.15) is 0 Å². The fraction of sp³-hybridized carbons (Fsp3) is 0.368. The molecule has 0 atom stereocenters. The van der Waals surface area contributed by atoms with Crippen molar-refractivity contribution in [3.05, 3.63) is 64.7 Å². The molecule has 1 amide bonds. The van der Waals surface area contributed by atoms with Crippen LogP contribution in [0.2, 0.25) is 5.02 Å². The second-order valence-electron chi connectivity index (χ2n) is 6.67. The van der Waals surface area contributed by atoms with E-state index in [1.807, 2.05) is 0 Å². The molecule has 1 aliphatic rings. The number of nitrogens with zero attached hydrogens (tertiary/aromatic N) is 1. The van der Waals surface area contributed by atoms with Crippen LogP contribution in [-0.4, -0.2) is 23.4 Å². The van der Waals surface area contributed by atoms with Gasteiger partial charge in [-0.25, -0.2) is 13.8 Å². The molecule has 1 aromatic heterocycles. The van der Waals surface area contributed by atoms with Crippen LogP contribution in [0.1, 0.15) is 41.6 Å². The molecule has 1 fully saturated rings. The minimum Gasteiger partial charge on any atom is -0.351 e. The van der Waals surface area contributed by atoms with E-state index in [-0.39, 0.29) is 38.1 Å². The van der Waals surface area contributed by atoms with Crippen molar-refractivity contribution < 1.29 is 18.0 Å². The number of alkyl halides is 2.